The number of hydrazone groups is 1. The number of hydrogen-bond acceptors (Lipinski definition) is 6. The van der Waals surface area contributed by atoms with E-state index in [0.29, 0.717) is 0 Å². The van der Waals surface area contributed by atoms with Gasteiger partial charge in [-0.3, -0.25) is 0 Å². The van der Waals surface area contributed by atoms with Crippen LogP contribution in [0.15, 0.2) is 57.6 Å². The molecule has 110 valence electrons. The van der Waals surface area contributed by atoms with Gasteiger partial charge >= 0.3 is 0 Å². The van der Waals surface area contributed by atoms with Crippen LogP contribution in [-0.4, -0.2) is 11.0 Å². The van der Waals surface area contributed by atoms with Crippen LogP contribution in [0, 0.1) is 0 Å². The fraction of sp³-hybridized carbons (Fsp3) is 0.133. The van der Waals surface area contributed by atoms with Crippen LogP contribution in [-0.2, 0) is 0 Å². The minimum Gasteiger partial charge on any atom is -0.539 e. The smallest absolute Gasteiger partial charge is 0.239 e. The van der Waals surface area contributed by atoms with E-state index in [4.69, 9.17) is 0 Å². The van der Waals surface area contributed by atoms with E-state index in [-0.39, 0.29) is 6.04 Å². The zero-order valence-electron chi connectivity index (χ0n) is 11.5. The standard InChI is InChI=1S/C15H12N4O2S/c20-15-9-19(18-21-15)11-5-3-10(4-6-11)12-8-13(17-16-12)14-2-1-7-22-14/h1-7,9,13H,8H2,(H-,17,18,20). The molecule has 1 aliphatic rings. The molecule has 1 unspecified atom stereocenters. The van der Waals surface area contributed by atoms with Gasteiger partial charge in [0.25, 0.3) is 0 Å². The Bertz CT molecular complexity index is 808. The molecule has 1 aromatic carbocycles. The number of nitrogens with zero attached hydrogens (tertiary/aromatic N) is 3. The van der Waals surface area contributed by atoms with E-state index in [1.807, 2.05) is 30.3 Å². The van der Waals surface area contributed by atoms with Gasteiger partial charge in [-0.15, -0.1) is 11.3 Å². The van der Waals surface area contributed by atoms with E-state index in [1.165, 1.54) is 15.8 Å². The lowest BCUT2D eigenvalue weighted by Crippen LogP contribution is -2.31. The van der Waals surface area contributed by atoms with Gasteiger partial charge in [0.15, 0.2) is 0 Å². The highest BCUT2D eigenvalue weighted by molar-refractivity contribution is 7.10. The number of aromatic nitrogens is 2. The normalized spacial score (nSPS) is 17.3. The minimum absolute atomic E-state index is 0.252. The Balaban J connectivity index is 1.52. The Labute approximate surface area is 130 Å². The molecule has 0 saturated carbocycles. The average Bonchev–Trinajstić information content (AvgIpc) is 3.28. The van der Waals surface area contributed by atoms with Gasteiger partial charge in [-0.05, 0) is 33.8 Å². The van der Waals surface area contributed by atoms with Crippen molar-refractivity contribution in [2.45, 2.75) is 12.5 Å². The van der Waals surface area contributed by atoms with Crippen molar-refractivity contribution < 1.29 is 14.3 Å². The molecule has 7 heteroatoms. The van der Waals surface area contributed by atoms with Crippen LogP contribution < -0.4 is 15.2 Å². The van der Waals surface area contributed by atoms with E-state index in [2.05, 4.69) is 31.8 Å². The van der Waals surface area contributed by atoms with Gasteiger partial charge in [0.1, 0.15) is 5.95 Å². The van der Waals surface area contributed by atoms with Gasteiger partial charge in [-0.1, -0.05) is 6.07 Å². The molecule has 0 amide bonds. The number of hydrogen-bond donors (Lipinski definition) is 1. The second-order valence-corrected chi connectivity index (χ2v) is 5.95. The fourth-order valence-corrected chi connectivity index (χ4v) is 3.21. The summed E-state index contributed by atoms with van der Waals surface area (Å²) in [4.78, 5) is 1.29. The summed E-state index contributed by atoms with van der Waals surface area (Å²) in [6.07, 6.45) is 2.16. The first-order valence-electron chi connectivity index (χ1n) is 6.81. The highest BCUT2D eigenvalue weighted by atomic mass is 32.1. The fourth-order valence-electron chi connectivity index (χ4n) is 2.44. The maximum absolute atomic E-state index is 11.0. The third kappa shape index (κ3) is 2.35. The highest BCUT2D eigenvalue weighted by Crippen LogP contribution is 2.27. The predicted molar refractivity (Wildman–Crippen MR) is 78.8 cm³/mol. The summed E-state index contributed by atoms with van der Waals surface area (Å²) in [5.74, 6) is -0.466. The summed E-state index contributed by atoms with van der Waals surface area (Å²) in [5, 5.41) is 21.2. The van der Waals surface area contributed by atoms with Gasteiger partial charge in [-0.25, -0.2) is 0 Å². The van der Waals surface area contributed by atoms with Crippen molar-refractivity contribution in [1.29, 1.82) is 0 Å². The maximum atomic E-state index is 11.0. The van der Waals surface area contributed by atoms with Crippen molar-refractivity contribution in [3.63, 3.8) is 0 Å². The molecule has 22 heavy (non-hydrogen) atoms. The molecule has 3 aromatic rings. The van der Waals surface area contributed by atoms with Crippen molar-refractivity contribution in [2.24, 2.45) is 5.10 Å². The van der Waals surface area contributed by atoms with Crippen LogP contribution in [0.3, 0.4) is 0 Å². The number of nitrogens with one attached hydrogen (secondary N) is 1. The molecule has 3 heterocycles. The van der Waals surface area contributed by atoms with Gasteiger partial charge in [0.2, 0.25) is 11.9 Å². The maximum Gasteiger partial charge on any atom is 0.239 e. The van der Waals surface area contributed by atoms with Gasteiger partial charge in [-0.2, -0.15) is 5.10 Å². The summed E-state index contributed by atoms with van der Waals surface area (Å²) in [6, 6.07) is 12.1. The lowest BCUT2D eigenvalue weighted by atomic mass is 10.0. The Morgan fingerprint density at radius 3 is 2.82 bits per heavy atom. The summed E-state index contributed by atoms with van der Waals surface area (Å²) < 4.78 is 5.94. The lowest BCUT2D eigenvalue weighted by Gasteiger charge is -2.06. The molecule has 0 radical (unpaired) electrons. The Morgan fingerprint density at radius 1 is 1.27 bits per heavy atom. The first kappa shape index (κ1) is 13.0. The molecule has 4 rings (SSSR count). The van der Waals surface area contributed by atoms with Crippen LogP contribution in [0.5, 0.6) is 5.95 Å². The molecule has 1 atom stereocenters. The van der Waals surface area contributed by atoms with Crippen molar-refractivity contribution in [3.05, 3.63) is 58.4 Å². The predicted octanol–water partition coefficient (Wildman–Crippen LogP) is 1.53. The van der Waals surface area contributed by atoms with Crippen molar-refractivity contribution >= 4 is 17.0 Å². The lowest BCUT2D eigenvalue weighted by molar-refractivity contribution is -0.670. The van der Waals surface area contributed by atoms with Gasteiger partial charge in [0.05, 0.1) is 17.0 Å². The second-order valence-electron chi connectivity index (χ2n) is 4.97. The van der Waals surface area contributed by atoms with Crippen molar-refractivity contribution in [1.82, 2.24) is 10.7 Å². The molecular formula is C15H12N4O2S. The number of thiophene rings is 1. The largest absolute Gasteiger partial charge is 0.539 e. The van der Waals surface area contributed by atoms with Crippen LogP contribution in [0.4, 0.5) is 0 Å². The summed E-state index contributed by atoms with van der Waals surface area (Å²) in [7, 11) is 0. The molecular weight excluding hydrogens is 300 g/mol. The third-order valence-corrected chi connectivity index (χ3v) is 4.54. The first-order chi connectivity index (χ1) is 10.8. The highest BCUT2D eigenvalue weighted by Gasteiger charge is 2.22. The molecule has 1 N–H and O–H groups in total. The Hall–Kier alpha value is -2.67. The van der Waals surface area contributed by atoms with E-state index in [1.54, 1.807) is 11.3 Å². The zero-order chi connectivity index (χ0) is 14.9. The zero-order valence-corrected chi connectivity index (χ0v) is 12.3. The molecule has 0 fully saturated rings. The molecule has 0 bridgehead atoms. The molecule has 2 aromatic heterocycles. The topological polar surface area (TPSA) is 77.4 Å². The van der Waals surface area contributed by atoms with E-state index in [9.17, 15) is 5.11 Å². The molecule has 0 aliphatic carbocycles. The SMILES string of the molecule is [O-]c1c[n+](-c2ccc(C3=NNC(c4cccs4)C3)cc2)no1. The van der Waals surface area contributed by atoms with Crippen LogP contribution in [0.25, 0.3) is 5.69 Å². The third-order valence-electron chi connectivity index (χ3n) is 3.55. The van der Waals surface area contributed by atoms with Crippen molar-refractivity contribution in [2.75, 3.05) is 0 Å². The van der Waals surface area contributed by atoms with Crippen LogP contribution >= 0.6 is 11.3 Å². The molecule has 6 nitrogen and oxygen atoms in total. The molecule has 1 aliphatic heterocycles. The molecule has 0 spiro atoms. The van der Waals surface area contributed by atoms with Gasteiger partial charge in [0, 0.05) is 23.4 Å². The van der Waals surface area contributed by atoms with Crippen LogP contribution in [0.1, 0.15) is 22.9 Å². The number of benzene rings is 1. The quantitative estimate of drug-likeness (QED) is 0.744. The first-order valence-corrected chi connectivity index (χ1v) is 7.69. The average molecular weight is 312 g/mol. The minimum atomic E-state index is -0.466. The van der Waals surface area contributed by atoms with E-state index in [0.717, 1.165) is 23.4 Å². The summed E-state index contributed by atoms with van der Waals surface area (Å²) in [6.45, 7) is 0. The van der Waals surface area contributed by atoms with Gasteiger partial charge < -0.3 is 15.1 Å². The monoisotopic (exact) mass is 312 g/mol. The summed E-state index contributed by atoms with van der Waals surface area (Å²) >= 11 is 1.73. The Morgan fingerprint density at radius 2 is 2.14 bits per heavy atom. The Kier molecular flexibility index (Phi) is 3.12. The second kappa shape index (κ2) is 5.27. The van der Waals surface area contributed by atoms with Crippen LogP contribution in [0.2, 0.25) is 0 Å². The van der Waals surface area contributed by atoms with E-state index >= 15 is 0 Å². The number of rotatable bonds is 3. The van der Waals surface area contributed by atoms with Crippen molar-refractivity contribution in [3.8, 4) is 11.6 Å². The van der Waals surface area contributed by atoms with E-state index < -0.39 is 5.95 Å². The summed E-state index contributed by atoms with van der Waals surface area (Å²) in [5.41, 5.74) is 6.04. The molecule has 0 saturated heterocycles.